The number of hydrogen-bond donors (Lipinski definition) is 2. The first kappa shape index (κ1) is 18.4. The fraction of sp³-hybridized carbons (Fsp3) is 0.190. The van der Waals surface area contributed by atoms with Crippen LogP contribution in [-0.4, -0.2) is 30.0 Å². The number of ketones is 1. The largest absolute Gasteiger partial charge is 0.497 e. The second-order valence-electron chi connectivity index (χ2n) is 6.15. The molecule has 1 heterocycles. The van der Waals surface area contributed by atoms with Gasteiger partial charge >= 0.3 is 0 Å². The maximum absolute atomic E-state index is 12.1. The van der Waals surface area contributed by atoms with Gasteiger partial charge in [-0.15, -0.1) is 0 Å². The lowest BCUT2D eigenvalue weighted by atomic mass is 10.1. The van der Waals surface area contributed by atoms with E-state index >= 15 is 0 Å². The minimum absolute atomic E-state index is 0.0784. The molecule has 6 heteroatoms. The van der Waals surface area contributed by atoms with Gasteiger partial charge in [-0.3, -0.25) is 9.59 Å². The third-order valence-corrected chi connectivity index (χ3v) is 4.32. The molecule has 0 unspecified atom stereocenters. The van der Waals surface area contributed by atoms with Crippen molar-refractivity contribution in [2.75, 3.05) is 7.11 Å². The molecular weight excluding hydrogens is 342 g/mol. The summed E-state index contributed by atoms with van der Waals surface area (Å²) >= 11 is 0. The van der Waals surface area contributed by atoms with E-state index < -0.39 is 0 Å². The zero-order valence-electron chi connectivity index (χ0n) is 15.3. The highest BCUT2D eigenvalue weighted by Gasteiger charge is 2.10. The first-order valence-electron chi connectivity index (χ1n) is 8.65. The van der Waals surface area contributed by atoms with Crippen molar-refractivity contribution in [2.45, 2.75) is 19.8 Å². The summed E-state index contributed by atoms with van der Waals surface area (Å²) in [6, 6.07) is 14.7. The summed E-state index contributed by atoms with van der Waals surface area (Å²) in [5.74, 6) is 0.293. The summed E-state index contributed by atoms with van der Waals surface area (Å²) < 4.78 is 5.06. The van der Waals surface area contributed by atoms with Crippen molar-refractivity contribution in [3.63, 3.8) is 0 Å². The summed E-state index contributed by atoms with van der Waals surface area (Å²) in [5, 5.41) is 5.07. The van der Waals surface area contributed by atoms with Gasteiger partial charge in [-0.1, -0.05) is 18.2 Å². The van der Waals surface area contributed by atoms with Crippen LogP contribution in [0.5, 0.6) is 5.75 Å². The highest BCUT2D eigenvalue weighted by molar-refractivity contribution is 6.01. The summed E-state index contributed by atoms with van der Waals surface area (Å²) in [6.45, 7) is 1.96. The van der Waals surface area contributed by atoms with E-state index in [0.29, 0.717) is 11.3 Å². The summed E-state index contributed by atoms with van der Waals surface area (Å²) in [4.78, 5) is 27.4. The van der Waals surface area contributed by atoms with Gasteiger partial charge in [-0.25, -0.2) is 5.43 Å². The first-order valence-corrected chi connectivity index (χ1v) is 8.65. The van der Waals surface area contributed by atoms with Crippen molar-refractivity contribution in [2.24, 2.45) is 5.10 Å². The van der Waals surface area contributed by atoms with Crippen LogP contribution in [0.15, 0.2) is 53.6 Å². The smallest absolute Gasteiger partial charge is 0.240 e. The van der Waals surface area contributed by atoms with Gasteiger partial charge in [0.2, 0.25) is 5.91 Å². The Morgan fingerprint density at radius 2 is 1.85 bits per heavy atom. The molecule has 1 amide bonds. The monoisotopic (exact) mass is 363 g/mol. The predicted octanol–water partition coefficient (Wildman–Crippen LogP) is 3.60. The predicted molar refractivity (Wildman–Crippen MR) is 105 cm³/mol. The second-order valence-corrected chi connectivity index (χ2v) is 6.15. The summed E-state index contributed by atoms with van der Waals surface area (Å²) in [5.41, 5.74) is 5.97. The number of amides is 1. The molecule has 0 fully saturated rings. The van der Waals surface area contributed by atoms with Crippen LogP contribution >= 0.6 is 0 Å². The molecule has 27 heavy (non-hydrogen) atoms. The number of nitrogens with one attached hydrogen (secondary N) is 2. The molecule has 3 rings (SSSR count). The van der Waals surface area contributed by atoms with E-state index in [9.17, 15) is 9.59 Å². The van der Waals surface area contributed by atoms with Gasteiger partial charge in [0, 0.05) is 40.6 Å². The molecule has 2 N–H and O–H groups in total. The van der Waals surface area contributed by atoms with E-state index in [2.05, 4.69) is 15.5 Å². The standard InChI is InChI=1S/C21H21N3O3/c1-14-18(17-5-3-4-6-19(17)23-14)13-22-24-21(26)12-11-20(25)15-7-9-16(27-2)10-8-15/h3-10,13,23H,11-12H2,1-2H3,(H,24,26)/b22-13+. The molecule has 0 aliphatic carbocycles. The average Bonchev–Trinajstić information content (AvgIpc) is 3.01. The number of hydrogen-bond acceptors (Lipinski definition) is 4. The highest BCUT2D eigenvalue weighted by Crippen LogP contribution is 2.19. The summed E-state index contributed by atoms with van der Waals surface area (Å²) in [7, 11) is 1.57. The number of para-hydroxylation sites is 1. The maximum Gasteiger partial charge on any atom is 0.240 e. The Bertz CT molecular complexity index is 988. The Morgan fingerprint density at radius 3 is 2.59 bits per heavy atom. The SMILES string of the molecule is COc1ccc(C(=O)CCC(=O)N/N=C/c2c(C)[nH]c3ccccc23)cc1. The van der Waals surface area contributed by atoms with E-state index in [1.54, 1.807) is 37.6 Å². The molecule has 0 aliphatic rings. The van der Waals surface area contributed by atoms with Gasteiger partial charge in [0.05, 0.1) is 13.3 Å². The van der Waals surface area contributed by atoms with Gasteiger partial charge in [-0.2, -0.15) is 5.10 Å². The maximum atomic E-state index is 12.1. The molecule has 3 aromatic rings. The van der Waals surface area contributed by atoms with Crippen molar-refractivity contribution < 1.29 is 14.3 Å². The Balaban J connectivity index is 1.53. The van der Waals surface area contributed by atoms with Gasteiger partial charge < -0.3 is 9.72 Å². The van der Waals surface area contributed by atoms with Crippen LogP contribution in [0.3, 0.4) is 0 Å². The minimum Gasteiger partial charge on any atom is -0.497 e. The van der Waals surface area contributed by atoms with Crippen molar-refractivity contribution in [3.05, 3.63) is 65.4 Å². The molecular formula is C21H21N3O3. The zero-order valence-corrected chi connectivity index (χ0v) is 15.3. The van der Waals surface area contributed by atoms with Gasteiger partial charge in [0.1, 0.15) is 5.75 Å². The van der Waals surface area contributed by atoms with E-state index in [0.717, 1.165) is 22.2 Å². The zero-order chi connectivity index (χ0) is 19.2. The number of rotatable bonds is 7. The number of H-pyrrole nitrogens is 1. The van der Waals surface area contributed by atoms with Gasteiger partial charge in [0.15, 0.2) is 5.78 Å². The molecule has 0 aliphatic heterocycles. The third-order valence-electron chi connectivity index (χ3n) is 4.32. The van der Waals surface area contributed by atoms with E-state index in [1.807, 2.05) is 31.2 Å². The van der Waals surface area contributed by atoms with Crippen molar-refractivity contribution in [1.82, 2.24) is 10.4 Å². The second kappa shape index (κ2) is 8.31. The Hall–Kier alpha value is -3.41. The van der Waals surface area contributed by atoms with E-state index in [4.69, 9.17) is 4.74 Å². The lowest BCUT2D eigenvalue weighted by Crippen LogP contribution is -2.18. The van der Waals surface area contributed by atoms with Crippen molar-refractivity contribution in [3.8, 4) is 5.75 Å². The first-order chi connectivity index (χ1) is 13.1. The molecule has 0 saturated carbocycles. The summed E-state index contributed by atoms with van der Waals surface area (Å²) in [6.07, 6.45) is 1.83. The van der Waals surface area contributed by atoms with Crippen LogP contribution in [0.2, 0.25) is 0 Å². The van der Waals surface area contributed by atoms with Crippen LogP contribution in [0, 0.1) is 6.92 Å². The number of nitrogens with zero attached hydrogens (tertiary/aromatic N) is 1. The highest BCUT2D eigenvalue weighted by atomic mass is 16.5. The Morgan fingerprint density at radius 1 is 1.11 bits per heavy atom. The average molecular weight is 363 g/mol. The molecule has 0 spiro atoms. The molecule has 0 radical (unpaired) electrons. The normalized spacial score (nSPS) is 11.0. The van der Waals surface area contributed by atoms with Crippen LogP contribution in [0.4, 0.5) is 0 Å². The van der Waals surface area contributed by atoms with Crippen LogP contribution in [0.25, 0.3) is 10.9 Å². The molecule has 0 atom stereocenters. The number of carbonyl (C=O) groups excluding carboxylic acids is 2. The fourth-order valence-corrected chi connectivity index (χ4v) is 2.84. The topological polar surface area (TPSA) is 83.6 Å². The number of ether oxygens (including phenoxy) is 1. The number of methoxy groups -OCH3 is 1. The number of aromatic amines is 1. The lowest BCUT2D eigenvalue weighted by Gasteiger charge is -2.03. The number of carbonyl (C=O) groups is 2. The van der Waals surface area contributed by atoms with Crippen LogP contribution < -0.4 is 10.2 Å². The van der Waals surface area contributed by atoms with E-state index in [1.165, 1.54) is 0 Å². The number of Topliss-reactive ketones (excluding diaryl/α,β-unsaturated/α-hetero) is 1. The van der Waals surface area contributed by atoms with Crippen molar-refractivity contribution >= 4 is 28.8 Å². The molecule has 6 nitrogen and oxygen atoms in total. The molecule has 1 aromatic heterocycles. The molecule has 0 saturated heterocycles. The fourth-order valence-electron chi connectivity index (χ4n) is 2.84. The van der Waals surface area contributed by atoms with Crippen LogP contribution in [0.1, 0.15) is 34.5 Å². The molecule has 0 bridgehead atoms. The third kappa shape index (κ3) is 4.41. The van der Waals surface area contributed by atoms with Gasteiger partial charge in [-0.05, 0) is 37.3 Å². The minimum atomic E-state index is -0.300. The Labute approximate surface area is 157 Å². The number of benzene rings is 2. The number of aryl methyl sites for hydroxylation is 1. The Kier molecular flexibility index (Phi) is 5.66. The number of hydrazone groups is 1. The van der Waals surface area contributed by atoms with E-state index in [-0.39, 0.29) is 24.5 Å². The quantitative estimate of drug-likeness (QED) is 0.382. The van der Waals surface area contributed by atoms with Crippen molar-refractivity contribution in [1.29, 1.82) is 0 Å². The van der Waals surface area contributed by atoms with Gasteiger partial charge in [0.25, 0.3) is 0 Å². The number of aromatic nitrogens is 1. The van der Waals surface area contributed by atoms with Crippen LogP contribution in [-0.2, 0) is 4.79 Å². The number of fused-ring (bicyclic) bond motifs is 1. The molecule has 138 valence electrons. The lowest BCUT2D eigenvalue weighted by molar-refractivity contribution is -0.121. The molecule has 2 aromatic carbocycles.